The number of benzene rings is 2. The Kier molecular flexibility index (Phi) is 5.31. The molecule has 1 amide bonds. The molecule has 1 atom stereocenters. The molecule has 0 aliphatic carbocycles. The fourth-order valence-electron chi connectivity index (χ4n) is 2.89. The molecular formula is C19H21FN2O2. The zero-order chi connectivity index (χ0) is 16.8. The summed E-state index contributed by atoms with van der Waals surface area (Å²) in [7, 11) is 0. The number of hydrogen-bond acceptors (Lipinski definition) is 3. The van der Waals surface area contributed by atoms with Gasteiger partial charge in [-0.25, -0.2) is 9.18 Å². The van der Waals surface area contributed by atoms with Crippen LogP contribution in [0.5, 0.6) is 0 Å². The number of ether oxygens (including phenoxy) is 1. The number of nitrogens with one attached hydrogen (secondary N) is 1. The monoisotopic (exact) mass is 328 g/mol. The Balaban J connectivity index is 1.39. The average molecular weight is 328 g/mol. The highest BCUT2D eigenvalue weighted by atomic mass is 19.1. The van der Waals surface area contributed by atoms with Crippen molar-refractivity contribution < 1.29 is 13.9 Å². The van der Waals surface area contributed by atoms with Gasteiger partial charge in [-0.1, -0.05) is 30.3 Å². The molecule has 126 valence electrons. The zero-order valence-corrected chi connectivity index (χ0v) is 13.5. The van der Waals surface area contributed by atoms with Crippen LogP contribution in [0.25, 0.3) is 0 Å². The number of hydrogen-bond donors (Lipinski definition) is 1. The van der Waals surface area contributed by atoms with E-state index in [1.807, 2.05) is 30.3 Å². The molecule has 2 aromatic carbocycles. The van der Waals surface area contributed by atoms with E-state index in [9.17, 15) is 9.18 Å². The summed E-state index contributed by atoms with van der Waals surface area (Å²) < 4.78 is 18.2. The van der Waals surface area contributed by atoms with Gasteiger partial charge in [0.15, 0.2) is 0 Å². The highest BCUT2D eigenvalue weighted by Crippen LogP contribution is 2.23. The number of anilines is 1. The quantitative estimate of drug-likeness (QED) is 0.912. The van der Waals surface area contributed by atoms with E-state index in [4.69, 9.17) is 4.74 Å². The van der Waals surface area contributed by atoms with Gasteiger partial charge in [-0.2, -0.15) is 0 Å². The van der Waals surface area contributed by atoms with Crippen LogP contribution in [0.2, 0.25) is 0 Å². The number of rotatable bonds is 5. The third kappa shape index (κ3) is 4.47. The van der Waals surface area contributed by atoms with Crippen LogP contribution in [0.1, 0.15) is 12.0 Å². The van der Waals surface area contributed by atoms with Crippen molar-refractivity contribution >= 4 is 11.8 Å². The predicted molar refractivity (Wildman–Crippen MR) is 91.3 cm³/mol. The van der Waals surface area contributed by atoms with E-state index in [2.05, 4.69) is 10.2 Å². The molecular weight excluding hydrogens is 307 g/mol. The standard InChI is InChI=1S/C19H21FN2O2/c20-17-6-8-18(9-7-17)22-11-10-16(13-22)12-21-19(23)24-14-15-4-2-1-3-5-15/h1-9,16H,10-14H2,(H,21,23). The molecule has 1 unspecified atom stereocenters. The maximum absolute atomic E-state index is 13.0. The van der Waals surface area contributed by atoms with Gasteiger partial charge in [-0.3, -0.25) is 0 Å². The third-order valence-corrected chi connectivity index (χ3v) is 4.23. The second-order valence-corrected chi connectivity index (χ2v) is 6.02. The van der Waals surface area contributed by atoms with Crippen molar-refractivity contribution in [1.29, 1.82) is 0 Å². The molecule has 2 aromatic rings. The van der Waals surface area contributed by atoms with Crippen LogP contribution in [0.4, 0.5) is 14.9 Å². The van der Waals surface area contributed by atoms with Gasteiger partial charge in [0, 0.05) is 25.3 Å². The first kappa shape index (κ1) is 16.3. The van der Waals surface area contributed by atoms with Crippen molar-refractivity contribution in [2.75, 3.05) is 24.5 Å². The molecule has 24 heavy (non-hydrogen) atoms. The lowest BCUT2D eigenvalue weighted by Crippen LogP contribution is -2.31. The number of carbonyl (C=O) groups excluding carboxylic acids is 1. The molecule has 0 radical (unpaired) electrons. The first-order chi connectivity index (χ1) is 11.7. The Morgan fingerprint density at radius 3 is 2.67 bits per heavy atom. The molecule has 1 heterocycles. The highest BCUT2D eigenvalue weighted by molar-refractivity contribution is 5.67. The molecule has 0 bridgehead atoms. The molecule has 1 aliphatic rings. The van der Waals surface area contributed by atoms with Gasteiger partial charge in [-0.15, -0.1) is 0 Å². The molecule has 0 saturated carbocycles. The van der Waals surface area contributed by atoms with E-state index in [1.54, 1.807) is 12.1 Å². The molecule has 3 rings (SSSR count). The first-order valence-electron chi connectivity index (χ1n) is 8.16. The van der Waals surface area contributed by atoms with E-state index >= 15 is 0 Å². The molecule has 1 N–H and O–H groups in total. The largest absolute Gasteiger partial charge is 0.445 e. The summed E-state index contributed by atoms with van der Waals surface area (Å²) in [4.78, 5) is 14.0. The Hall–Kier alpha value is -2.56. The van der Waals surface area contributed by atoms with Crippen molar-refractivity contribution in [3.05, 3.63) is 66.0 Å². The van der Waals surface area contributed by atoms with E-state index in [1.165, 1.54) is 12.1 Å². The lowest BCUT2D eigenvalue weighted by Gasteiger charge is -2.18. The molecule has 5 heteroatoms. The van der Waals surface area contributed by atoms with Crippen molar-refractivity contribution in [2.24, 2.45) is 5.92 Å². The van der Waals surface area contributed by atoms with Crippen molar-refractivity contribution in [3.63, 3.8) is 0 Å². The maximum Gasteiger partial charge on any atom is 0.407 e. The minimum absolute atomic E-state index is 0.225. The van der Waals surface area contributed by atoms with Crippen LogP contribution in [0.15, 0.2) is 54.6 Å². The molecule has 1 saturated heterocycles. The van der Waals surface area contributed by atoms with Gasteiger partial charge in [0.25, 0.3) is 0 Å². The molecule has 0 aromatic heterocycles. The lowest BCUT2D eigenvalue weighted by molar-refractivity contribution is 0.138. The summed E-state index contributed by atoms with van der Waals surface area (Å²) in [5.74, 6) is 0.150. The lowest BCUT2D eigenvalue weighted by atomic mass is 10.1. The van der Waals surface area contributed by atoms with Crippen molar-refractivity contribution in [3.8, 4) is 0 Å². The second kappa shape index (κ2) is 7.81. The number of amides is 1. The summed E-state index contributed by atoms with van der Waals surface area (Å²) >= 11 is 0. The summed E-state index contributed by atoms with van der Waals surface area (Å²) in [5, 5.41) is 2.83. The van der Waals surface area contributed by atoms with E-state index < -0.39 is 0 Å². The molecule has 4 nitrogen and oxygen atoms in total. The third-order valence-electron chi connectivity index (χ3n) is 4.23. The normalized spacial score (nSPS) is 16.9. The fraction of sp³-hybridized carbons (Fsp3) is 0.316. The Morgan fingerprint density at radius 2 is 1.92 bits per heavy atom. The zero-order valence-electron chi connectivity index (χ0n) is 13.5. The van der Waals surface area contributed by atoms with Gasteiger partial charge in [0.1, 0.15) is 12.4 Å². The molecule has 1 fully saturated rings. The molecule has 0 spiro atoms. The van der Waals surface area contributed by atoms with E-state index in [-0.39, 0.29) is 18.5 Å². The molecule has 1 aliphatic heterocycles. The number of alkyl carbamates (subject to hydrolysis) is 1. The minimum Gasteiger partial charge on any atom is -0.445 e. The van der Waals surface area contributed by atoms with Crippen LogP contribution in [-0.4, -0.2) is 25.7 Å². The summed E-state index contributed by atoms with van der Waals surface area (Å²) in [5.41, 5.74) is 1.99. The van der Waals surface area contributed by atoms with Crippen LogP contribution >= 0.6 is 0 Å². The average Bonchev–Trinajstić information content (AvgIpc) is 3.09. The van der Waals surface area contributed by atoms with E-state index in [0.29, 0.717) is 12.5 Å². The Bertz CT molecular complexity index is 661. The first-order valence-corrected chi connectivity index (χ1v) is 8.16. The van der Waals surface area contributed by atoms with Crippen LogP contribution < -0.4 is 10.2 Å². The Labute approximate surface area is 141 Å². The SMILES string of the molecule is O=C(NCC1CCN(c2ccc(F)cc2)C1)OCc1ccccc1. The Morgan fingerprint density at radius 1 is 1.17 bits per heavy atom. The van der Waals surface area contributed by atoms with Crippen molar-refractivity contribution in [1.82, 2.24) is 5.32 Å². The fourth-order valence-corrected chi connectivity index (χ4v) is 2.89. The second-order valence-electron chi connectivity index (χ2n) is 6.02. The van der Waals surface area contributed by atoms with Gasteiger partial charge in [0.2, 0.25) is 0 Å². The highest BCUT2D eigenvalue weighted by Gasteiger charge is 2.23. The van der Waals surface area contributed by atoms with Gasteiger partial charge >= 0.3 is 6.09 Å². The minimum atomic E-state index is -0.390. The summed E-state index contributed by atoms with van der Waals surface area (Å²) in [6, 6.07) is 16.1. The number of nitrogens with zero attached hydrogens (tertiary/aromatic N) is 1. The van der Waals surface area contributed by atoms with Crippen molar-refractivity contribution in [2.45, 2.75) is 13.0 Å². The summed E-state index contributed by atoms with van der Waals surface area (Å²) in [6.07, 6.45) is 0.607. The van der Waals surface area contributed by atoms with Crippen LogP contribution in [0, 0.1) is 11.7 Å². The van der Waals surface area contributed by atoms with Gasteiger partial charge in [0.05, 0.1) is 0 Å². The van der Waals surface area contributed by atoms with Gasteiger partial charge < -0.3 is 15.0 Å². The predicted octanol–water partition coefficient (Wildman–Crippen LogP) is 3.58. The van der Waals surface area contributed by atoms with Crippen LogP contribution in [-0.2, 0) is 11.3 Å². The van der Waals surface area contributed by atoms with E-state index in [0.717, 1.165) is 30.8 Å². The maximum atomic E-state index is 13.0. The summed E-state index contributed by atoms with van der Waals surface area (Å²) in [6.45, 7) is 2.63. The number of halogens is 1. The van der Waals surface area contributed by atoms with Gasteiger partial charge in [-0.05, 0) is 42.2 Å². The smallest absolute Gasteiger partial charge is 0.407 e. The van der Waals surface area contributed by atoms with Crippen LogP contribution in [0.3, 0.4) is 0 Å². The number of carbonyl (C=O) groups is 1. The topological polar surface area (TPSA) is 41.6 Å².